The normalized spacial score (nSPS) is 10.9. The molecule has 0 radical (unpaired) electrons. The minimum Gasteiger partial charge on any atom is -0.497 e. The van der Waals surface area contributed by atoms with Crippen molar-refractivity contribution in [3.8, 4) is 16.3 Å². The lowest BCUT2D eigenvalue weighted by Crippen LogP contribution is -1.90. The molecule has 2 aromatic carbocycles. The highest BCUT2D eigenvalue weighted by atomic mass is 32.1. The van der Waals surface area contributed by atoms with Crippen LogP contribution in [0.5, 0.6) is 5.75 Å². The fourth-order valence-corrected chi connectivity index (χ4v) is 2.83. The average Bonchev–Trinajstić information content (AvgIpc) is 3.04. The molecule has 0 bridgehead atoms. The van der Waals surface area contributed by atoms with E-state index >= 15 is 0 Å². The third-order valence-electron chi connectivity index (χ3n) is 3.29. The number of anilines is 1. The summed E-state index contributed by atoms with van der Waals surface area (Å²) in [5.74, 6) is 0.821. The first-order valence-electron chi connectivity index (χ1n) is 7.09. The Morgan fingerprint density at radius 1 is 1.09 bits per heavy atom. The lowest BCUT2D eigenvalue weighted by molar-refractivity contribution is 0.415. The maximum absolute atomic E-state index is 5.12. The van der Waals surface area contributed by atoms with Crippen LogP contribution in [0.3, 0.4) is 0 Å². The van der Waals surface area contributed by atoms with Crippen LogP contribution in [0.1, 0.15) is 11.1 Å². The summed E-state index contributed by atoms with van der Waals surface area (Å²) in [5.41, 5.74) is 6.16. The molecule has 0 unspecified atom stereocenters. The van der Waals surface area contributed by atoms with Crippen LogP contribution in [-0.2, 0) is 0 Å². The Hall–Kier alpha value is -2.73. The van der Waals surface area contributed by atoms with Crippen LogP contribution < -0.4 is 10.2 Å². The molecule has 1 heterocycles. The van der Waals surface area contributed by atoms with Gasteiger partial charge in [0.15, 0.2) is 0 Å². The van der Waals surface area contributed by atoms with Gasteiger partial charge in [0.25, 0.3) is 0 Å². The number of ether oxygens (including phenoxy) is 1. The highest BCUT2D eigenvalue weighted by molar-refractivity contribution is 7.18. The first kappa shape index (κ1) is 15.2. The summed E-state index contributed by atoms with van der Waals surface area (Å²) in [6, 6.07) is 15.8. The van der Waals surface area contributed by atoms with E-state index in [0.29, 0.717) is 5.13 Å². The molecule has 1 aromatic heterocycles. The van der Waals surface area contributed by atoms with Crippen molar-refractivity contribution < 1.29 is 4.74 Å². The van der Waals surface area contributed by atoms with Crippen LogP contribution in [0.15, 0.2) is 53.6 Å². The molecule has 0 atom stereocenters. The van der Waals surface area contributed by atoms with E-state index in [2.05, 4.69) is 33.7 Å². The fraction of sp³-hybridized carbons (Fsp3) is 0.118. The lowest BCUT2D eigenvalue weighted by Gasteiger charge is -1.99. The van der Waals surface area contributed by atoms with Gasteiger partial charge in [-0.3, -0.25) is 5.43 Å². The SMILES string of the molecule is COc1ccc(/C=N/Nc2nnc(-c3ccccc3C)s2)cc1. The van der Waals surface area contributed by atoms with Crippen molar-refractivity contribution in [1.29, 1.82) is 0 Å². The maximum Gasteiger partial charge on any atom is 0.226 e. The van der Waals surface area contributed by atoms with E-state index in [0.717, 1.165) is 21.9 Å². The number of hydrazone groups is 1. The quantitative estimate of drug-likeness (QED) is 0.570. The largest absolute Gasteiger partial charge is 0.497 e. The summed E-state index contributed by atoms with van der Waals surface area (Å²) >= 11 is 1.47. The summed E-state index contributed by atoms with van der Waals surface area (Å²) in [4.78, 5) is 0. The second-order valence-electron chi connectivity index (χ2n) is 4.87. The number of rotatable bonds is 5. The van der Waals surface area contributed by atoms with E-state index in [1.165, 1.54) is 16.9 Å². The average molecular weight is 324 g/mol. The van der Waals surface area contributed by atoms with Gasteiger partial charge in [0.1, 0.15) is 10.8 Å². The van der Waals surface area contributed by atoms with E-state index in [4.69, 9.17) is 4.74 Å². The van der Waals surface area contributed by atoms with Crippen molar-refractivity contribution >= 4 is 22.7 Å². The molecule has 0 aliphatic heterocycles. The summed E-state index contributed by atoms with van der Waals surface area (Å²) in [5, 5.41) is 14.1. The van der Waals surface area contributed by atoms with E-state index < -0.39 is 0 Å². The number of methoxy groups -OCH3 is 1. The van der Waals surface area contributed by atoms with Crippen LogP contribution in [0, 0.1) is 6.92 Å². The van der Waals surface area contributed by atoms with Crippen LogP contribution in [-0.4, -0.2) is 23.5 Å². The third-order valence-corrected chi connectivity index (χ3v) is 4.15. The summed E-state index contributed by atoms with van der Waals surface area (Å²) < 4.78 is 5.12. The molecule has 1 N–H and O–H groups in total. The Morgan fingerprint density at radius 3 is 2.61 bits per heavy atom. The van der Waals surface area contributed by atoms with Gasteiger partial charge < -0.3 is 4.74 Å². The molecule has 3 rings (SSSR count). The van der Waals surface area contributed by atoms with Gasteiger partial charge in [-0.05, 0) is 42.3 Å². The molecule has 0 saturated heterocycles. The van der Waals surface area contributed by atoms with Crippen molar-refractivity contribution in [1.82, 2.24) is 10.2 Å². The van der Waals surface area contributed by atoms with Crippen LogP contribution in [0.2, 0.25) is 0 Å². The molecule has 5 nitrogen and oxygen atoms in total. The van der Waals surface area contributed by atoms with Gasteiger partial charge in [-0.15, -0.1) is 10.2 Å². The fourth-order valence-electron chi connectivity index (χ4n) is 2.04. The Bertz CT molecular complexity index is 811. The van der Waals surface area contributed by atoms with E-state index in [-0.39, 0.29) is 0 Å². The van der Waals surface area contributed by atoms with E-state index in [1.54, 1.807) is 13.3 Å². The Labute approximate surface area is 138 Å². The summed E-state index contributed by atoms with van der Waals surface area (Å²) in [6.07, 6.45) is 1.73. The van der Waals surface area contributed by atoms with Gasteiger partial charge in [-0.2, -0.15) is 5.10 Å². The lowest BCUT2D eigenvalue weighted by atomic mass is 10.1. The monoisotopic (exact) mass is 324 g/mol. The number of nitrogens with one attached hydrogen (secondary N) is 1. The van der Waals surface area contributed by atoms with Gasteiger partial charge in [-0.25, -0.2) is 0 Å². The topological polar surface area (TPSA) is 59.4 Å². The number of benzene rings is 2. The van der Waals surface area contributed by atoms with E-state index in [9.17, 15) is 0 Å². The van der Waals surface area contributed by atoms with Gasteiger partial charge in [-0.1, -0.05) is 35.6 Å². The second-order valence-corrected chi connectivity index (χ2v) is 5.85. The molecular formula is C17H16N4OS. The van der Waals surface area contributed by atoms with Crippen molar-refractivity contribution in [2.45, 2.75) is 6.92 Å². The first-order chi connectivity index (χ1) is 11.3. The highest BCUT2D eigenvalue weighted by Crippen LogP contribution is 2.28. The van der Waals surface area contributed by atoms with Crippen molar-refractivity contribution in [3.63, 3.8) is 0 Å². The van der Waals surface area contributed by atoms with Crippen molar-refractivity contribution in [2.75, 3.05) is 12.5 Å². The van der Waals surface area contributed by atoms with Crippen LogP contribution >= 0.6 is 11.3 Å². The Morgan fingerprint density at radius 2 is 1.87 bits per heavy atom. The van der Waals surface area contributed by atoms with Gasteiger partial charge in [0.05, 0.1) is 13.3 Å². The Balaban J connectivity index is 1.67. The summed E-state index contributed by atoms with van der Waals surface area (Å²) in [6.45, 7) is 2.06. The zero-order valence-corrected chi connectivity index (χ0v) is 13.7. The molecule has 0 aliphatic rings. The molecule has 0 aliphatic carbocycles. The van der Waals surface area contributed by atoms with Crippen LogP contribution in [0.4, 0.5) is 5.13 Å². The van der Waals surface area contributed by atoms with Gasteiger partial charge in [0.2, 0.25) is 5.13 Å². The number of hydrogen-bond donors (Lipinski definition) is 1. The standard InChI is InChI=1S/C17H16N4OS/c1-12-5-3-4-6-15(12)16-19-21-17(23-16)20-18-11-13-7-9-14(22-2)10-8-13/h3-11H,1-2H3,(H,20,21)/b18-11+. The maximum atomic E-state index is 5.12. The highest BCUT2D eigenvalue weighted by Gasteiger charge is 2.07. The van der Waals surface area contributed by atoms with Crippen molar-refractivity contribution in [2.24, 2.45) is 5.10 Å². The van der Waals surface area contributed by atoms with E-state index in [1.807, 2.05) is 42.5 Å². The minimum absolute atomic E-state index is 0.660. The van der Waals surface area contributed by atoms with Gasteiger partial charge in [0, 0.05) is 5.56 Å². The molecule has 23 heavy (non-hydrogen) atoms. The zero-order chi connectivity index (χ0) is 16.1. The molecule has 0 fully saturated rings. The second kappa shape index (κ2) is 7.02. The van der Waals surface area contributed by atoms with Crippen molar-refractivity contribution in [3.05, 3.63) is 59.7 Å². The predicted octanol–water partition coefficient (Wildman–Crippen LogP) is 3.97. The number of nitrogens with zero attached hydrogens (tertiary/aromatic N) is 3. The number of aromatic nitrogens is 2. The molecule has 6 heteroatoms. The number of aryl methyl sites for hydroxylation is 1. The predicted molar refractivity (Wildman–Crippen MR) is 94.3 cm³/mol. The molecule has 3 aromatic rings. The van der Waals surface area contributed by atoms with Crippen LogP contribution in [0.25, 0.3) is 10.6 Å². The first-order valence-corrected chi connectivity index (χ1v) is 7.90. The van der Waals surface area contributed by atoms with Gasteiger partial charge >= 0.3 is 0 Å². The molecule has 116 valence electrons. The molecule has 0 spiro atoms. The number of hydrogen-bond acceptors (Lipinski definition) is 6. The zero-order valence-electron chi connectivity index (χ0n) is 12.9. The Kier molecular flexibility index (Phi) is 4.63. The summed E-state index contributed by atoms with van der Waals surface area (Å²) in [7, 11) is 1.64. The molecule has 0 saturated carbocycles. The molecular weight excluding hydrogens is 308 g/mol. The third kappa shape index (κ3) is 3.73. The molecule has 0 amide bonds. The minimum atomic E-state index is 0.660. The smallest absolute Gasteiger partial charge is 0.226 e.